The maximum Gasteiger partial charge on any atom is 0.169 e. The summed E-state index contributed by atoms with van der Waals surface area (Å²) in [4.78, 5) is 15.8. The van der Waals surface area contributed by atoms with Gasteiger partial charge < -0.3 is 4.74 Å². The maximum atomic E-state index is 11.4. The number of hydrogen-bond donors (Lipinski definition) is 0. The third kappa shape index (κ3) is 2.04. The molecular weight excluding hydrogens is 276 g/mol. The molecule has 3 aromatic rings. The van der Waals surface area contributed by atoms with Gasteiger partial charge in [-0.05, 0) is 30.3 Å². The van der Waals surface area contributed by atoms with E-state index in [9.17, 15) is 4.79 Å². The molecule has 0 amide bonds. The summed E-state index contributed by atoms with van der Waals surface area (Å²) in [5.74, 6) is 0.758. The van der Waals surface area contributed by atoms with E-state index in [0.29, 0.717) is 22.1 Å². The number of aldehydes is 1. The minimum Gasteiger partial charge on any atom is -0.497 e. The van der Waals surface area contributed by atoms with Crippen LogP contribution in [0.15, 0.2) is 42.6 Å². The quantitative estimate of drug-likeness (QED) is 0.692. The summed E-state index contributed by atoms with van der Waals surface area (Å²) in [5, 5.41) is 0.584. The van der Waals surface area contributed by atoms with Gasteiger partial charge in [0.15, 0.2) is 6.29 Å². The number of fused-ring (bicyclic) bond motifs is 1. The maximum absolute atomic E-state index is 11.4. The van der Waals surface area contributed by atoms with E-state index in [-0.39, 0.29) is 0 Å². The molecule has 0 bridgehead atoms. The van der Waals surface area contributed by atoms with Crippen molar-refractivity contribution in [1.29, 1.82) is 0 Å². The van der Waals surface area contributed by atoms with Crippen molar-refractivity contribution in [2.45, 2.75) is 0 Å². The first-order valence-corrected chi connectivity index (χ1v) is 6.38. The molecule has 3 rings (SSSR count). The Morgan fingerprint density at radius 2 is 2.00 bits per heavy atom. The zero-order chi connectivity index (χ0) is 14.1. The average Bonchev–Trinajstić information content (AvgIpc) is 2.84. The Hall–Kier alpha value is -2.33. The van der Waals surface area contributed by atoms with E-state index in [1.165, 1.54) is 0 Å². The Morgan fingerprint density at radius 3 is 2.65 bits per heavy atom. The Bertz CT molecular complexity index is 778. The van der Waals surface area contributed by atoms with Crippen molar-refractivity contribution in [1.82, 2.24) is 9.38 Å². The van der Waals surface area contributed by atoms with E-state index < -0.39 is 0 Å². The second-order valence-corrected chi connectivity index (χ2v) is 4.70. The lowest BCUT2D eigenvalue weighted by molar-refractivity contribution is 0.111. The van der Waals surface area contributed by atoms with Gasteiger partial charge in [0.05, 0.1) is 7.11 Å². The van der Waals surface area contributed by atoms with Crippen LogP contribution in [0.3, 0.4) is 0 Å². The average molecular weight is 287 g/mol. The molecule has 0 N–H and O–H groups in total. The number of carbonyl (C=O) groups is 1. The zero-order valence-electron chi connectivity index (χ0n) is 10.7. The SMILES string of the molecule is COc1ccc(-c2nc3cc(Cl)ccn3c2C=O)cc1. The highest BCUT2D eigenvalue weighted by Crippen LogP contribution is 2.26. The van der Waals surface area contributed by atoms with Gasteiger partial charge in [-0.25, -0.2) is 4.98 Å². The molecule has 5 heteroatoms. The summed E-state index contributed by atoms with van der Waals surface area (Å²) in [6.07, 6.45) is 2.54. The molecular formula is C15H11ClN2O2. The van der Waals surface area contributed by atoms with Crippen LogP contribution < -0.4 is 4.74 Å². The Kier molecular flexibility index (Phi) is 3.16. The number of imidazole rings is 1. The van der Waals surface area contributed by atoms with Crippen molar-refractivity contribution in [3.63, 3.8) is 0 Å². The smallest absolute Gasteiger partial charge is 0.169 e. The van der Waals surface area contributed by atoms with Crippen molar-refractivity contribution in [3.8, 4) is 17.0 Å². The van der Waals surface area contributed by atoms with Gasteiger partial charge in [-0.3, -0.25) is 9.20 Å². The summed E-state index contributed by atoms with van der Waals surface area (Å²) in [5.41, 5.74) is 2.63. The van der Waals surface area contributed by atoms with Crippen LogP contribution in [-0.2, 0) is 0 Å². The molecule has 1 aromatic carbocycles. The predicted molar refractivity (Wildman–Crippen MR) is 77.6 cm³/mol. The van der Waals surface area contributed by atoms with Crippen LogP contribution in [0, 0.1) is 0 Å². The fourth-order valence-electron chi connectivity index (χ4n) is 2.11. The predicted octanol–water partition coefficient (Wildman–Crippen LogP) is 3.48. The first-order valence-electron chi connectivity index (χ1n) is 6.00. The van der Waals surface area contributed by atoms with E-state index >= 15 is 0 Å². The molecule has 0 radical (unpaired) electrons. The first kappa shape index (κ1) is 12.7. The number of ether oxygens (including phenoxy) is 1. The molecule has 0 aliphatic carbocycles. The van der Waals surface area contributed by atoms with E-state index in [2.05, 4.69) is 4.98 Å². The summed E-state index contributed by atoms with van der Waals surface area (Å²) in [6, 6.07) is 10.9. The number of halogens is 1. The third-order valence-electron chi connectivity index (χ3n) is 3.10. The second kappa shape index (κ2) is 4.98. The lowest BCUT2D eigenvalue weighted by atomic mass is 10.1. The summed E-state index contributed by atoms with van der Waals surface area (Å²) in [6.45, 7) is 0. The van der Waals surface area contributed by atoms with Crippen LogP contribution in [-0.4, -0.2) is 22.8 Å². The molecule has 0 atom stereocenters. The number of aromatic nitrogens is 2. The van der Waals surface area contributed by atoms with Gasteiger partial charge in [-0.2, -0.15) is 0 Å². The number of benzene rings is 1. The molecule has 2 heterocycles. The summed E-state index contributed by atoms with van der Waals surface area (Å²) in [7, 11) is 1.61. The Balaban J connectivity index is 2.21. The highest BCUT2D eigenvalue weighted by atomic mass is 35.5. The lowest BCUT2D eigenvalue weighted by Gasteiger charge is -2.01. The van der Waals surface area contributed by atoms with Crippen LogP contribution in [0.25, 0.3) is 16.9 Å². The number of pyridine rings is 1. The van der Waals surface area contributed by atoms with Crippen molar-refractivity contribution < 1.29 is 9.53 Å². The molecule has 0 aliphatic heterocycles. The highest BCUT2D eigenvalue weighted by molar-refractivity contribution is 6.30. The third-order valence-corrected chi connectivity index (χ3v) is 3.34. The second-order valence-electron chi connectivity index (χ2n) is 4.27. The number of nitrogens with zero attached hydrogens (tertiary/aromatic N) is 2. The van der Waals surface area contributed by atoms with Crippen LogP contribution >= 0.6 is 11.6 Å². The number of hydrogen-bond acceptors (Lipinski definition) is 3. The van der Waals surface area contributed by atoms with Crippen LogP contribution in [0.2, 0.25) is 5.02 Å². The molecule has 0 aliphatic rings. The van der Waals surface area contributed by atoms with Crippen molar-refractivity contribution in [3.05, 3.63) is 53.3 Å². The number of methoxy groups -OCH3 is 1. The lowest BCUT2D eigenvalue weighted by Crippen LogP contribution is -1.92. The summed E-state index contributed by atoms with van der Waals surface area (Å²) < 4.78 is 6.84. The van der Waals surface area contributed by atoms with Gasteiger partial charge in [0.2, 0.25) is 0 Å². The minimum absolute atomic E-state index is 0.502. The van der Waals surface area contributed by atoms with E-state index in [4.69, 9.17) is 16.3 Å². The van der Waals surface area contributed by atoms with Gasteiger partial charge in [-0.15, -0.1) is 0 Å². The molecule has 0 unspecified atom stereocenters. The minimum atomic E-state index is 0.502. The van der Waals surface area contributed by atoms with Crippen LogP contribution in [0.1, 0.15) is 10.5 Å². The fourth-order valence-corrected chi connectivity index (χ4v) is 2.27. The topological polar surface area (TPSA) is 43.6 Å². The molecule has 4 nitrogen and oxygen atoms in total. The zero-order valence-corrected chi connectivity index (χ0v) is 11.5. The Labute approximate surface area is 120 Å². The van der Waals surface area contributed by atoms with Crippen molar-refractivity contribution in [2.24, 2.45) is 0 Å². The fraction of sp³-hybridized carbons (Fsp3) is 0.0667. The van der Waals surface area contributed by atoms with Crippen molar-refractivity contribution >= 4 is 23.5 Å². The molecule has 0 saturated carbocycles. The first-order chi connectivity index (χ1) is 9.72. The number of rotatable bonds is 3. The van der Waals surface area contributed by atoms with Crippen LogP contribution in [0.5, 0.6) is 5.75 Å². The van der Waals surface area contributed by atoms with Gasteiger partial charge in [0.1, 0.15) is 22.8 Å². The molecule has 0 spiro atoms. The van der Waals surface area contributed by atoms with Crippen LogP contribution in [0.4, 0.5) is 0 Å². The molecule has 20 heavy (non-hydrogen) atoms. The van der Waals surface area contributed by atoms with E-state index in [1.54, 1.807) is 29.8 Å². The van der Waals surface area contributed by atoms with Crippen molar-refractivity contribution in [2.75, 3.05) is 7.11 Å². The monoisotopic (exact) mass is 286 g/mol. The number of carbonyl (C=O) groups excluding carboxylic acids is 1. The normalized spacial score (nSPS) is 10.7. The van der Waals surface area contributed by atoms with Gasteiger partial charge in [0.25, 0.3) is 0 Å². The largest absolute Gasteiger partial charge is 0.497 e. The standard InChI is InChI=1S/C15H11ClN2O2/c1-20-12-4-2-10(3-5-12)15-13(9-19)18-7-6-11(16)8-14(18)17-15/h2-9H,1H3. The molecule has 100 valence electrons. The van der Waals surface area contributed by atoms with E-state index in [1.807, 2.05) is 24.3 Å². The highest BCUT2D eigenvalue weighted by Gasteiger charge is 2.13. The molecule has 0 fully saturated rings. The summed E-state index contributed by atoms with van der Waals surface area (Å²) >= 11 is 5.95. The van der Waals surface area contributed by atoms with E-state index in [0.717, 1.165) is 17.6 Å². The Morgan fingerprint density at radius 1 is 1.25 bits per heavy atom. The van der Waals surface area contributed by atoms with Gasteiger partial charge in [-0.1, -0.05) is 11.6 Å². The molecule has 0 saturated heterocycles. The van der Waals surface area contributed by atoms with Gasteiger partial charge >= 0.3 is 0 Å². The van der Waals surface area contributed by atoms with Gasteiger partial charge in [0, 0.05) is 22.8 Å². The molecule has 2 aromatic heterocycles.